The average molecular weight is 392 g/mol. The molecule has 0 spiro atoms. The molecule has 26 heavy (non-hydrogen) atoms. The normalized spacial score (nSPS) is 10.7. The molecule has 9 nitrogen and oxygen atoms in total. The Bertz CT molecular complexity index is 1040. The Kier molecular flexibility index (Phi) is 4.87. The van der Waals surface area contributed by atoms with E-state index in [4.69, 9.17) is 29.6 Å². The largest absolute Gasteiger partial charge is 0.374 e. The number of nitrogens with zero attached hydrogens (tertiary/aromatic N) is 5. The Morgan fingerprint density at radius 2 is 2.08 bits per heavy atom. The van der Waals surface area contributed by atoms with Crippen LogP contribution in [0.1, 0.15) is 5.69 Å². The lowest BCUT2D eigenvalue weighted by atomic mass is 10.3. The molecule has 0 atom stereocenters. The van der Waals surface area contributed by atoms with Crippen molar-refractivity contribution in [3.63, 3.8) is 0 Å². The summed E-state index contributed by atoms with van der Waals surface area (Å²) in [5.74, 6) is -0.150. The van der Waals surface area contributed by atoms with E-state index in [-0.39, 0.29) is 23.0 Å². The number of hydrogen-bond donors (Lipinski definition) is 2. The van der Waals surface area contributed by atoms with E-state index >= 15 is 0 Å². The molecule has 134 valence electrons. The van der Waals surface area contributed by atoms with Gasteiger partial charge in [-0.3, -0.25) is 15.0 Å². The minimum atomic E-state index is -0.413. The lowest BCUT2D eigenvalue weighted by molar-refractivity contribution is -0.121. The second-order valence-electron chi connectivity index (χ2n) is 5.37. The highest BCUT2D eigenvalue weighted by Gasteiger charge is 2.16. The lowest BCUT2D eigenvalue weighted by Gasteiger charge is -2.24. The molecule has 0 aliphatic carbocycles. The van der Waals surface area contributed by atoms with Crippen LogP contribution in [0.3, 0.4) is 0 Å². The van der Waals surface area contributed by atoms with E-state index < -0.39 is 5.91 Å². The number of aromatic nitrogens is 4. The van der Waals surface area contributed by atoms with E-state index in [0.717, 1.165) is 4.52 Å². The number of nitrogens with one attached hydrogen (secondary N) is 1. The zero-order valence-electron chi connectivity index (χ0n) is 13.6. The second-order valence-corrected chi connectivity index (χ2v) is 6.22. The van der Waals surface area contributed by atoms with Crippen molar-refractivity contribution in [3.05, 3.63) is 57.7 Å². The zero-order chi connectivity index (χ0) is 18.8. The van der Waals surface area contributed by atoms with Crippen LogP contribution < -0.4 is 21.7 Å². The van der Waals surface area contributed by atoms with Crippen LogP contribution in [0.15, 0.2) is 41.5 Å². The summed E-state index contributed by atoms with van der Waals surface area (Å²) < 4.78 is 2.67. The van der Waals surface area contributed by atoms with Gasteiger partial charge in [-0.1, -0.05) is 11.6 Å². The maximum Gasteiger partial charge on any atom is 0.275 e. The number of carbonyl (C=O) groups is 1. The minimum Gasteiger partial charge on any atom is -0.374 e. The Balaban J connectivity index is 1.86. The third-order valence-corrected chi connectivity index (χ3v) is 4.02. The quantitative estimate of drug-likeness (QED) is 0.497. The van der Waals surface area contributed by atoms with Gasteiger partial charge in [-0.2, -0.15) is 14.6 Å². The van der Waals surface area contributed by atoms with Gasteiger partial charge in [-0.25, -0.2) is 5.01 Å². The van der Waals surface area contributed by atoms with Crippen molar-refractivity contribution < 1.29 is 4.79 Å². The highest BCUT2D eigenvalue weighted by atomic mass is 35.5. The van der Waals surface area contributed by atoms with Gasteiger partial charge in [0.1, 0.15) is 12.9 Å². The third-order valence-electron chi connectivity index (χ3n) is 3.58. The number of anilines is 1. The number of fused-ring (bicyclic) bond motifs is 1. The number of halogens is 1. The van der Waals surface area contributed by atoms with Gasteiger partial charge in [-0.05, 0) is 43.4 Å². The molecule has 0 saturated heterocycles. The number of hydrogen-bond acceptors (Lipinski definition) is 5. The SMILES string of the molecule is Cc1cc(=O)n2ncnc2n1CC(=O)NN(C(N)=S)c1ccc(Cl)cc1. The summed E-state index contributed by atoms with van der Waals surface area (Å²) in [7, 11) is 0. The number of amides is 1. The first kappa shape index (κ1) is 17.8. The van der Waals surface area contributed by atoms with Gasteiger partial charge >= 0.3 is 0 Å². The van der Waals surface area contributed by atoms with Crippen LogP contribution >= 0.6 is 23.8 Å². The smallest absolute Gasteiger partial charge is 0.275 e. The Hall–Kier alpha value is -2.98. The molecular formula is C15H14ClN7O2S. The van der Waals surface area contributed by atoms with E-state index in [1.807, 2.05) is 0 Å². The summed E-state index contributed by atoms with van der Waals surface area (Å²) >= 11 is 10.9. The van der Waals surface area contributed by atoms with E-state index in [0.29, 0.717) is 16.4 Å². The topological polar surface area (TPSA) is 111 Å². The highest BCUT2D eigenvalue weighted by molar-refractivity contribution is 7.80. The van der Waals surface area contributed by atoms with Gasteiger partial charge in [0, 0.05) is 16.8 Å². The molecular weight excluding hydrogens is 378 g/mol. The van der Waals surface area contributed by atoms with Crippen LogP contribution in [0.2, 0.25) is 5.02 Å². The predicted molar refractivity (Wildman–Crippen MR) is 101 cm³/mol. The van der Waals surface area contributed by atoms with Gasteiger partial charge in [-0.15, -0.1) is 0 Å². The molecule has 11 heteroatoms. The van der Waals surface area contributed by atoms with Crippen molar-refractivity contribution in [3.8, 4) is 0 Å². The maximum atomic E-state index is 12.5. The van der Waals surface area contributed by atoms with E-state index in [1.54, 1.807) is 35.8 Å². The molecule has 3 N–H and O–H groups in total. The molecule has 0 fully saturated rings. The third kappa shape index (κ3) is 3.51. The molecule has 0 aliphatic heterocycles. The van der Waals surface area contributed by atoms with Gasteiger partial charge in [0.25, 0.3) is 11.5 Å². The number of rotatable bonds is 3. The molecule has 2 aromatic heterocycles. The summed E-state index contributed by atoms with van der Waals surface area (Å²) in [5.41, 5.74) is 9.14. The summed E-state index contributed by atoms with van der Waals surface area (Å²) in [6.45, 7) is 1.59. The fraction of sp³-hybridized carbons (Fsp3) is 0.133. The summed E-state index contributed by atoms with van der Waals surface area (Å²) in [4.78, 5) is 28.4. The van der Waals surface area contributed by atoms with Crippen LogP contribution in [-0.4, -0.2) is 30.2 Å². The number of aryl methyl sites for hydroxylation is 1. The van der Waals surface area contributed by atoms with Gasteiger partial charge in [0.2, 0.25) is 5.78 Å². The fourth-order valence-corrected chi connectivity index (χ4v) is 2.66. The molecule has 1 amide bonds. The van der Waals surface area contributed by atoms with Crippen molar-refractivity contribution in [2.75, 3.05) is 5.01 Å². The fourth-order valence-electron chi connectivity index (χ4n) is 2.39. The summed E-state index contributed by atoms with van der Waals surface area (Å²) in [6.07, 6.45) is 1.25. The average Bonchev–Trinajstić information content (AvgIpc) is 3.07. The molecule has 0 saturated carbocycles. The molecule has 0 bridgehead atoms. The van der Waals surface area contributed by atoms with Crippen LogP contribution in [-0.2, 0) is 11.3 Å². The molecule has 3 rings (SSSR count). The zero-order valence-corrected chi connectivity index (χ0v) is 15.2. The number of benzene rings is 1. The lowest BCUT2D eigenvalue weighted by Crippen LogP contribution is -2.50. The van der Waals surface area contributed by atoms with Gasteiger partial charge in [0.15, 0.2) is 5.11 Å². The van der Waals surface area contributed by atoms with Crippen LogP contribution in [0, 0.1) is 6.92 Å². The van der Waals surface area contributed by atoms with E-state index in [9.17, 15) is 9.59 Å². The van der Waals surface area contributed by atoms with Crippen molar-refractivity contribution in [1.82, 2.24) is 24.6 Å². The molecule has 0 aliphatic rings. The minimum absolute atomic E-state index is 0.0371. The Morgan fingerprint density at radius 1 is 1.38 bits per heavy atom. The van der Waals surface area contributed by atoms with Crippen molar-refractivity contribution in [2.45, 2.75) is 13.5 Å². The highest BCUT2D eigenvalue weighted by Crippen LogP contribution is 2.16. The predicted octanol–water partition coefficient (Wildman–Crippen LogP) is 0.634. The summed E-state index contributed by atoms with van der Waals surface area (Å²) in [5, 5.41) is 5.63. The number of hydrazine groups is 1. The number of nitrogens with two attached hydrogens (primary N) is 1. The monoisotopic (exact) mass is 391 g/mol. The Morgan fingerprint density at radius 3 is 2.73 bits per heavy atom. The maximum absolute atomic E-state index is 12.5. The molecule has 1 aromatic carbocycles. The number of carbonyl (C=O) groups excluding carboxylic acids is 1. The molecule has 3 aromatic rings. The van der Waals surface area contributed by atoms with E-state index in [2.05, 4.69) is 15.5 Å². The Labute approximate surface area is 158 Å². The van der Waals surface area contributed by atoms with Crippen LogP contribution in [0.5, 0.6) is 0 Å². The van der Waals surface area contributed by atoms with Crippen molar-refractivity contribution in [2.24, 2.45) is 5.73 Å². The second kappa shape index (κ2) is 7.10. The molecule has 0 radical (unpaired) electrons. The molecule has 0 unspecified atom stereocenters. The standard InChI is InChI=1S/C15H14ClN7O2S/c1-9-6-13(25)23-15(18-8-19-23)21(9)7-12(24)20-22(14(17)26)11-4-2-10(16)3-5-11/h2-6,8H,7H2,1H3,(H2,17,26)(H,20,24). The van der Waals surface area contributed by atoms with Gasteiger partial charge in [0.05, 0.1) is 5.69 Å². The van der Waals surface area contributed by atoms with Crippen LogP contribution in [0.25, 0.3) is 5.78 Å². The first-order valence-electron chi connectivity index (χ1n) is 7.41. The van der Waals surface area contributed by atoms with Gasteiger partial charge < -0.3 is 10.3 Å². The first-order valence-corrected chi connectivity index (χ1v) is 8.20. The first-order chi connectivity index (χ1) is 12.4. The van der Waals surface area contributed by atoms with Crippen LogP contribution in [0.4, 0.5) is 5.69 Å². The molecule has 2 heterocycles. The summed E-state index contributed by atoms with van der Waals surface area (Å²) in [6, 6.07) is 8.02. The van der Waals surface area contributed by atoms with Crippen molar-refractivity contribution in [1.29, 1.82) is 0 Å². The number of thiocarbonyl (C=S) groups is 1. The van der Waals surface area contributed by atoms with Crippen molar-refractivity contribution >= 4 is 46.3 Å². The van der Waals surface area contributed by atoms with E-state index in [1.165, 1.54) is 17.4 Å².